The maximum Gasteiger partial charge on any atom is 0.416 e. The first-order valence-electron chi connectivity index (χ1n) is 6.02. The molecular weight excluding hydrogens is 257 g/mol. The lowest BCUT2D eigenvalue weighted by Gasteiger charge is -2.36. The van der Waals surface area contributed by atoms with Crippen molar-refractivity contribution in [1.29, 1.82) is 0 Å². The van der Waals surface area contributed by atoms with Gasteiger partial charge in [0.2, 0.25) is 5.91 Å². The Kier molecular flexibility index (Phi) is 3.20. The number of halogens is 3. The highest BCUT2D eigenvalue weighted by molar-refractivity contribution is 6.05. The van der Waals surface area contributed by atoms with Crippen LogP contribution in [-0.2, 0) is 11.0 Å². The third-order valence-corrected chi connectivity index (χ3v) is 3.08. The van der Waals surface area contributed by atoms with Gasteiger partial charge in [-0.1, -0.05) is 0 Å². The Morgan fingerprint density at radius 3 is 2.47 bits per heavy atom. The van der Waals surface area contributed by atoms with E-state index in [9.17, 15) is 18.0 Å². The highest BCUT2D eigenvalue weighted by Gasteiger charge is 2.35. The number of nitrogens with one attached hydrogen (secondary N) is 1. The summed E-state index contributed by atoms with van der Waals surface area (Å²) >= 11 is 0. The summed E-state index contributed by atoms with van der Waals surface area (Å²) in [6.07, 6.45) is -4.38. The Labute approximate surface area is 109 Å². The molecule has 6 heteroatoms. The summed E-state index contributed by atoms with van der Waals surface area (Å²) in [5.74, 6) is -0.137. The Bertz CT molecular complexity index is 511. The van der Waals surface area contributed by atoms with Crippen LogP contribution in [0.5, 0.6) is 0 Å². The minimum absolute atomic E-state index is 0.104. The molecule has 0 spiro atoms. The zero-order valence-electron chi connectivity index (χ0n) is 10.9. The van der Waals surface area contributed by atoms with Crippen molar-refractivity contribution in [2.24, 2.45) is 0 Å². The molecule has 1 amide bonds. The summed E-state index contributed by atoms with van der Waals surface area (Å²) in [4.78, 5) is 13.6. The number of fused-ring (bicyclic) bond motifs is 1. The molecule has 0 aliphatic carbocycles. The van der Waals surface area contributed by atoms with Crippen molar-refractivity contribution in [2.45, 2.75) is 39.0 Å². The van der Waals surface area contributed by atoms with Gasteiger partial charge in [-0.05, 0) is 39.0 Å². The molecule has 104 valence electrons. The molecule has 2 rings (SSSR count). The number of alkyl halides is 3. The monoisotopic (exact) mass is 272 g/mol. The number of benzene rings is 1. The van der Waals surface area contributed by atoms with Gasteiger partial charge < -0.3 is 10.2 Å². The van der Waals surface area contributed by atoms with E-state index < -0.39 is 17.8 Å². The number of anilines is 2. The number of amides is 1. The molecule has 0 bridgehead atoms. The van der Waals surface area contributed by atoms with E-state index in [-0.39, 0.29) is 11.9 Å². The van der Waals surface area contributed by atoms with Crippen molar-refractivity contribution < 1.29 is 18.0 Å². The molecule has 3 nitrogen and oxygen atoms in total. The molecule has 1 aromatic carbocycles. The Morgan fingerprint density at radius 2 is 1.95 bits per heavy atom. The number of carbonyl (C=O) groups excluding carboxylic acids is 1. The lowest BCUT2D eigenvalue weighted by atomic mass is 10.1. The second kappa shape index (κ2) is 4.43. The topological polar surface area (TPSA) is 32.3 Å². The molecule has 1 unspecified atom stereocenters. The summed E-state index contributed by atoms with van der Waals surface area (Å²) in [6.45, 7) is 5.30. The zero-order chi connectivity index (χ0) is 14.4. The number of carbonyl (C=O) groups is 1. The fourth-order valence-electron chi connectivity index (χ4n) is 2.19. The molecular formula is C13H15F3N2O. The standard InChI is InChI=1S/C13H15F3N2O/c1-7(2)18-11-5-4-9(13(14,15)16)6-10(11)17-8(3)12(18)19/h4-8,17H,1-3H3. The molecule has 1 aromatic rings. The van der Waals surface area contributed by atoms with Crippen LogP contribution in [0.3, 0.4) is 0 Å². The van der Waals surface area contributed by atoms with Gasteiger partial charge in [0, 0.05) is 6.04 Å². The van der Waals surface area contributed by atoms with E-state index in [4.69, 9.17) is 0 Å². The van der Waals surface area contributed by atoms with Crippen molar-refractivity contribution in [3.8, 4) is 0 Å². The minimum atomic E-state index is -4.38. The number of hydrogen-bond acceptors (Lipinski definition) is 2. The van der Waals surface area contributed by atoms with Gasteiger partial charge in [0.1, 0.15) is 6.04 Å². The smallest absolute Gasteiger partial charge is 0.372 e. The molecule has 0 fully saturated rings. The van der Waals surface area contributed by atoms with Crippen molar-refractivity contribution in [3.05, 3.63) is 23.8 Å². The van der Waals surface area contributed by atoms with Crippen LogP contribution in [-0.4, -0.2) is 18.0 Å². The molecule has 1 atom stereocenters. The van der Waals surface area contributed by atoms with E-state index >= 15 is 0 Å². The average molecular weight is 272 g/mol. The van der Waals surface area contributed by atoms with Gasteiger partial charge in [-0.25, -0.2) is 0 Å². The highest BCUT2D eigenvalue weighted by atomic mass is 19.4. The van der Waals surface area contributed by atoms with Crippen LogP contribution in [0.15, 0.2) is 18.2 Å². The Morgan fingerprint density at radius 1 is 1.32 bits per heavy atom. The predicted octanol–water partition coefficient (Wildman–Crippen LogP) is 3.26. The van der Waals surface area contributed by atoms with E-state index in [1.165, 1.54) is 11.0 Å². The molecule has 0 saturated heterocycles. The fourth-order valence-corrected chi connectivity index (χ4v) is 2.19. The molecule has 0 radical (unpaired) electrons. The quantitative estimate of drug-likeness (QED) is 0.851. The van der Waals surface area contributed by atoms with E-state index in [1.807, 2.05) is 13.8 Å². The molecule has 0 saturated carbocycles. The van der Waals surface area contributed by atoms with Crippen molar-refractivity contribution >= 4 is 17.3 Å². The van der Waals surface area contributed by atoms with E-state index in [1.54, 1.807) is 6.92 Å². The summed E-state index contributed by atoms with van der Waals surface area (Å²) in [5, 5.41) is 2.82. The van der Waals surface area contributed by atoms with Crippen LogP contribution in [0.4, 0.5) is 24.5 Å². The van der Waals surface area contributed by atoms with Gasteiger partial charge >= 0.3 is 6.18 Å². The Balaban J connectivity index is 2.51. The van der Waals surface area contributed by atoms with Crippen LogP contribution >= 0.6 is 0 Å². The first-order chi connectivity index (χ1) is 8.71. The van der Waals surface area contributed by atoms with Crippen LogP contribution in [0.25, 0.3) is 0 Å². The normalized spacial score (nSPS) is 19.4. The first kappa shape index (κ1) is 13.7. The van der Waals surface area contributed by atoms with Gasteiger partial charge in [0.25, 0.3) is 0 Å². The SMILES string of the molecule is CC1Nc2cc(C(F)(F)F)ccc2N(C(C)C)C1=O. The predicted molar refractivity (Wildman–Crippen MR) is 67.2 cm³/mol. The fraction of sp³-hybridized carbons (Fsp3) is 0.462. The molecule has 0 aromatic heterocycles. The minimum Gasteiger partial charge on any atom is -0.372 e. The third-order valence-electron chi connectivity index (χ3n) is 3.08. The van der Waals surface area contributed by atoms with Gasteiger partial charge in [0.15, 0.2) is 0 Å². The second-order valence-corrected chi connectivity index (χ2v) is 4.90. The van der Waals surface area contributed by atoms with Crippen LogP contribution < -0.4 is 10.2 Å². The van der Waals surface area contributed by atoms with Crippen molar-refractivity contribution in [1.82, 2.24) is 0 Å². The second-order valence-electron chi connectivity index (χ2n) is 4.90. The average Bonchev–Trinajstić information content (AvgIpc) is 2.28. The highest BCUT2D eigenvalue weighted by Crippen LogP contribution is 2.38. The van der Waals surface area contributed by atoms with E-state index in [0.717, 1.165) is 12.1 Å². The van der Waals surface area contributed by atoms with Gasteiger partial charge in [0.05, 0.1) is 16.9 Å². The maximum atomic E-state index is 12.7. The van der Waals surface area contributed by atoms with Crippen molar-refractivity contribution in [3.63, 3.8) is 0 Å². The van der Waals surface area contributed by atoms with E-state index in [0.29, 0.717) is 11.4 Å². The molecule has 1 N–H and O–H groups in total. The molecule has 1 heterocycles. The van der Waals surface area contributed by atoms with E-state index in [2.05, 4.69) is 5.32 Å². The van der Waals surface area contributed by atoms with Crippen LogP contribution in [0, 0.1) is 0 Å². The van der Waals surface area contributed by atoms with Crippen LogP contribution in [0.1, 0.15) is 26.3 Å². The van der Waals surface area contributed by atoms with Crippen LogP contribution in [0.2, 0.25) is 0 Å². The lowest BCUT2D eigenvalue weighted by molar-refractivity contribution is -0.137. The molecule has 1 aliphatic heterocycles. The maximum absolute atomic E-state index is 12.7. The molecule has 1 aliphatic rings. The van der Waals surface area contributed by atoms with Crippen molar-refractivity contribution in [2.75, 3.05) is 10.2 Å². The van der Waals surface area contributed by atoms with Gasteiger partial charge in [-0.3, -0.25) is 4.79 Å². The number of rotatable bonds is 1. The third kappa shape index (κ3) is 2.39. The van der Waals surface area contributed by atoms with Gasteiger partial charge in [-0.15, -0.1) is 0 Å². The number of hydrogen-bond donors (Lipinski definition) is 1. The lowest BCUT2D eigenvalue weighted by Crippen LogP contribution is -2.49. The zero-order valence-corrected chi connectivity index (χ0v) is 10.9. The first-order valence-corrected chi connectivity index (χ1v) is 6.02. The summed E-state index contributed by atoms with van der Waals surface area (Å²) < 4.78 is 38.0. The summed E-state index contributed by atoms with van der Waals surface area (Å²) in [7, 11) is 0. The largest absolute Gasteiger partial charge is 0.416 e. The summed E-state index contributed by atoms with van der Waals surface area (Å²) in [5.41, 5.74) is 0.116. The summed E-state index contributed by atoms with van der Waals surface area (Å²) in [6, 6.07) is 2.76. The number of nitrogens with zero attached hydrogens (tertiary/aromatic N) is 1. The molecule has 19 heavy (non-hydrogen) atoms. The van der Waals surface area contributed by atoms with Gasteiger partial charge in [-0.2, -0.15) is 13.2 Å². The Hall–Kier alpha value is -1.72.